The molecule has 1 N–H and O–H groups in total. The average Bonchev–Trinajstić information content (AvgIpc) is 2.79. The van der Waals surface area contributed by atoms with Gasteiger partial charge in [0.25, 0.3) is 0 Å². The highest BCUT2D eigenvalue weighted by Crippen LogP contribution is 2.26. The van der Waals surface area contributed by atoms with Gasteiger partial charge in [-0.05, 0) is 11.6 Å². The highest BCUT2D eigenvalue weighted by molar-refractivity contribution is 6.42. The number of ether oxygens (including phenoxy) is 1. The molecule has 0 bridgehead atoms. The van der Waals surface area contributed by atoms with Crippen LogP contribution in [0.15, 0.2) is 18.2 Å². The first-order chi connectivity index (χ1) is 9.54. The molecule has 1 aromatic heterocycles. The molecule has 0 aliphatic carbocycles. The summed E-state index contributed by atoms with van der Waals surface area (Å²) in [6.45, 7) is 0.352. The van der Waals surface area contributed by atoms with Gasteiger partial charge in [-0.2, -0.15) is 0 Å². The number of carboxylic acid groups (broad SMARTS) is 1. The van der Waals surface area contributed by atoms with E-state index in [9.17, 15) is 4.79 Å². The molecule has 0 aliphatic heterocycles. The molecule has 0 amide bonds. The van der Waals surface area contributed by atoms with Gasteiger partial charge in [0.05, 0.1) is 28.9 Å². The highest BCUT2D eigenvalue weighted by atomic mass is 35.5. The van der Waals surface area contributed by atoms with Gasteiger partial charge < -0.3 is 9.84 Å². The Morgan fingerprint density at radius 3 is 2.85 bits per heavy atom. The first-order valence-electron chi connectivity index (χ1n) is 5.62. The molecule has 2 aromatic rings. The van der Waals surface area contributed by atoms with Crippen molar-refractivity contribution >= 4 is 29.2 Å². The second kappa shape index (κ2) is 6.21. The summed E-state index contributed by atoms with van der Waals surface area (Å²) < 4.78 is 6.42. The van der Waals surface area contributed by atoms with Crippen molar-refractivity contribution in [3.63, 3.8) is 0 Å². The Kier molecular flexibility index (Phi) is 4.59. The summed E-state index contributed by atoms with van der Waals surface area (Å²) in [4.78, 5) is 11.1. The van der Waals surface area contributed by atoms with Crippen molar-refractivity contribution in [2.24, 2.45) is 0 Å². The second-order valence-electron chi connectivity index (χ2n) is 3.99. The number of aromatic nitrogens is 3. The first-order valence-corrected chi connectivity index (χ1v) is 6.37. The normalized spacial score (nSPS) is 10.8. The van der Waals surface area contributed by atoms with Gasteiger partial charge in [-0.15, -0.1) is 5.10 Å². The van der Waals surface area contributed by atoms with Gasteiger partial charge in [0, 0.05) is 7.11 Å². The van der Waals surface area contributed by atoms with Crippen LogP contribution in [0.4, 0.5) is 0 Å². The van der Waals surface area contributed by atoms with Crippen LogP contribution >= 0.6 is 23.2 Å². The first kappa shape index (κ1) is 14.8. The average molecular weight is 316 g/mol. The Bertz CT molecular complexity index is 643. The van der Waals surface area contributed by atoms with Gasteiger partial charge in [0.1, 0.15) is 0 Å². The molecule has 106 valence electrons. The van der Waals surface area contributed by atoms with Crippen LogP contribution in [0.5, 0.6) is 0 Å². The van der Waals surface area contributed by atoms with Crippen molar-refractivity contribution in [3.05, 3.63) is 45.2 Å². The van der Waals surface area contributed by atoms with Crippen LogP contribution in [-0.4, -0.2) is 33.2 Å². The number of carbonyl (C=O) groups is 1. The lowest BCUT2D eigenvalue weighted by Gasteiger charge is -2.08. The van der Waals surface area contributed by atoms with Gasteiger partial charge in [-0.1, -0.05) is 40.5 Å². The van der Waals surface area contributed by atoms with E-state index in [4.69, 9.17) is 33.0 Å². The molecule has 0 atom stereocenters. The predicted molar refractivity (Wildman–Crippen MR) is 73.3 cm³/mol. The maximum Gasteiger partial charge on any atom is 0.358 e. The Morgan fingerprint density at radius 2 is 2.20 bits per heavy atom. The molecular weight excluding hydrogens is 305 g/mol. The number of methoxy groups -OCH3 is 1. The van der Waals surface area contributed by atoms with Crippen LogP contribution in [0.3, 0.4) is 0 Å². The van der Waals surface area contributed by atoms with Crippen LogP contribution in [0, 0.1) is 0 Å². The fourth-order valence-electron chi connectivity index (χ4n) is 1.74. The summed E-state index contributed by atoms with van der Waals surface area (Å²) in [5, 5.41) is 17.4. The zero-order chi connectivity index (χ0) is 14.7. The van der Waals surface area contributed by atoms with E-state index in [1.807, 2.05) is 0 Å². The van der Waals surface area contributed by atoms with Gasteiger partial charge in [0.2, 0.25) is 0 Å². The van der Waals surface area contributed by atoms with Crippen molar-refractivity contribution in [1.29, 1.82) is 0 Å². The number of hydrogen-bond acceptors (Lipinski definition) is 4. The number of aromatic carboxylic acids is 1. The predicted octanol–water partition coefficient (Wildman–Crippen LogP) is 2.48. The number of carboxylic acids is 1. The van der Waals surface area contributed by atoms with Crippen molar-refractivity contribution < 1.29 is 14.6 Å². The number of benzene rings is 1. The van der Waals surface area contributed by atoms with E-state index in [-0.39, 0.29) is 18.8 Å². The third-order valence-corrected chi connectivity index (χ3v) is 3.53. The van der Waals surface area contributed by atoms with Crippen molar-refractivity contribution in [2.75, 3.05) is 7.11 Å². The maximum atomic E-state index is 11.1. The lowest BCUT2D eigenvalue weighted by Crippen LogP contribution is -2.10. The van der Waals surface area contributed by atoms with E-state index in [1.54, 1.807) is 18.2 Å². The van der Waals surface area contributed by atoms with E-state index in [0.717, 1.165) is 5.56 Å². The molecule has 0 aliphatic rings. The quantitative estimate of drug-likeness (QED) is 0.917. The molecule has 2 rings (SSSR count). The Balaban J connectivity index is 2.38. The van der Waals surface area contributed by atoms with E-state index >= 15 is 0 Å². The van der Waals surface area contributed by atoms with Crippen molar-refractivity contribution in [3.8, 4) is 0 Å². The summed E-state index contributed by atoms with van der Waals surface area (Å²) in [6, 6.07) is 5.22. The number of rotatable bonds is 5. The molecule has 8 heteroatoms. The molecule has 1 heterocycles. The molecular formula is C12H11Cl2N3O3. The van der Waals surface area contributed by atoms with Crippen LogP contribution in [0.1, 0.15) is 21.7 Å². The summed E-state index contributed by atoms with van der Waals surface area (Å²) >= 11 is 12.0. The Morgan fingerprint density at radius 1 is 1.45 bits per heavy atom. The number of hydrogen-bond donors (Lipinski definition) is 1. The fraction of sp³-hybridized carbons (Fsp3) is 0.250. The largest absolute Gasteiger partial charge is 0.476 e. The monoisotopic (exact) mass is 315 g/mol. The summed E-state index contributed by atoms with van der Waals surface area (Å²) in [5.41, 5.74) is 0.958. The van der Waals surface area contributed by atoms with Gasteiger partial charge >= 0.3 is 5.97 Å². The van der Waals surface area contributed by atoms with E-state index in [2.05, 4.69) is 10.3 Å². The number of nitrogens with zero attached hydrogens (tertiary/aromatic N) is 3. The third kappa shape index (κ3) is 2.92. The Labute approximate surface area is 124 Å². The molecule has 20 heavy (non-hydrogen) atoms. The zero-order valence-electron chi connectivity index (χ0n) is 10.5. The summed E-state index contributed by atoms with van der Waals surface area (Å²) in [7, 11) is 1.47. The zero-order valence-corrected chi connectivity index (χ0v) is 12.0. The molecule has 0 fully saturated rings. The third-order valence-electron chi connectivity index (χ3n) is 2.67. The molecule has 0 spiro atoms. The van der Waals surface area contributed by atoms with E-state index < -0.39 is 5.97 Å². The smallest absolute Gasteiger partial charge is 0.358 e. The lowest BCUT2D eigenvalue weighted by atomic mass is 10.2. The topological polar surface area (TPSA) is 77.2 Å². The minimum Gasteiger partial charge on any atom is -0.476 e. The van der Waals surface area contributed by atoms with Gasteiger partial charge in [0.15, 0.2) is 5.69 Å². The van der Waals surface area contributed by atoms with Crippen molar-refractivity contribution in [1.82, 2.24) is 15.0 Å². The highest BCUT2D eigenvalue weighted by Gasteiger charge is 2.19. The number of halogens is 2. The van der Waals surface area contributed by atoms with E-state index in [1.165, 1.54) is 11.8 Å². The molecule has 0 saturated heterocycles. The molecule has 0 radical (unpaired) electrons. The molecule has 0 saturated carbocycles. The fourth-order valence-corrected chi connectivity index (χ4v) is 2.12. The van der Waals surface area contributed by atoms with Crippen molar-refractivity contribution in [2.45, 2.75) is 13.2 Å². The minimum absolute atomic E-state index is 0.0901. The van der Waals surface area contributed by atoms with Crippen LogP contribution in [-0.2, 0) is 17.9 Å². The summed E-state index contributed by atoms with van der Waals surface area (Å²) in [6.07, 6.45) is 0. The van der Waals surface area contributed by atoms with Crippen LogP contribution in [0.25, 0.3) is 0 Å². The van der Waals surface area contributed by atoms with Gasteiger partial charge in [-0.3, -0.25) is 0 Å². The molecule has 6 nitrogen and oxygen atoms in total. The molecule has 1 aromatic carbocycles. The second-order valence-corrected chi connectivity index (χ2v) is 4.78. The van der Waals surface area contributed by atoms with Crippen LogP contribution < -0.4 is 0 Å². The standard InChI is InChI=1S/C12H11Cl2N3O3/c1-20-6-9-11(12(18)19)15-16-17(9)5-7-3-2-4-8(13)10(7)14/h2-4H,5-6H2,1H3,(H,18,19). The van der Waals surface area contributed by atoms with E-state index in [0.29, 0.717) is 15.7 Å². The SMILES string of the molecule is COCc1c(C(=O)O)nnn1Cc1cccc(Cl)c1Cl. The summed E-state index contributed by atoms with van der Waals surface area (Å²) in [5.74, 6) is -1.15. The lowest BCUT2D eigenvalue weighted by molar-refractivity contribution is 0.0684. The Hall–Kier alpha value is -1.63. The maximum absolute atomic E-state index is 11.1. The minimum atomic E-state index is -1.15. The van der Waals surface area contributed by atoms with Crippen LogP contribution in [0.2, 0.25) is 10.0 Å². The molecule has 0 unspecified atom stereocenters. The van der Waals surface area contributed by atoms with Gasteiger partial charge in [-0.25, -0.2) is 9.48 Å².